The molecule has 96 valence electrons. The first-order valence-electron chi connectivity index (χ1n) is 4.91. The summed E-state index contributed by atoms with van der Waals surface area (Å²) in [6, 6.07) is 2.64. The summed E-state index contributed by atoms with van der Waals surface area (Å²) in [4.78, 5) is 32.7. The van der Waals surface area contributed by atoms with Gasteiger partial charge in [-0.05, 0) is 18.6 Å². The molecule has 0 bridgehead atoms. The highest BCUT2D eigenvalue weighted by Crippen LogP contribution is 2.27. The largest absolute Gasteiger partial charge is 0.463 e. The van der Waals surface area contributed by atoms with Crippen LogP contribution in [0.15, 0.2) is 12.1 Å². The van der Waals surface area contributed by atoms with E-state index < -0.39 is 16.7 Å². The number of nitro benzene ring substituents is 1. The van der Waals surface area contributed by atoms with Crippen LogP contribution in [0.4, 0.5) is 5.69 Å². The fourth-order valence-corrected chi connectivity index (χ4v) is 1.76. The van der Waals surface area contributed by atoms with Gasteiger partial charge in [-0.1, -0.05) is 11.6 Å². The van der Waals surface area contributed by atoms with Crippen molar-refractivity contribution in [1.82, 2.24) is 0 Å². The third-order valence-electron chi connectivity index (χ3n) is 2.36. The normalized spacial score (nSPS) is 9.94. The maximum absolute atomic E-state index is 11.4. The molecule has 7 heteroatoms. The molecule has 18 heavy (non-hydrogen) atoms. The van der Waals surface area contributed by atoms with Gasteiger partial charge in [-0.2, -0.15) is 0 Å². The molecule has 0 aliphatic rings. The second-order valence-electron chi connectivity index (χ2n) is 3.57. The Labute approximate surface area is 108 Å². The zero-order valence-corrected chi connectivity index (χ0v) is 10.5. The number of nitrogens with zero attached hydrogens (tertiary/aromatic N) is 1. The predicted molar refractivity (Wildman–Crippen MR) is 63.6 cm³/mol. The Morgan fingerprint density at radius 3 is 2.56 bits per heavy atom. The van der Waals surface area contributed by atoms with Gasteiger partial charge >= 0.3 is 5.97 Å². The Balaban J connectivity index is 3.19. The van der Waals surface area contributed by atoms with E-state index in [-0.39, 0.29) is 22.7 Å². The number of rotatable bonds is 4. The van der Waals surface area contributed by atoms with Crippen molar-refractivity contribution in [3.63, 3.8) is 0 Å². The molecule has 6 nitrogen and oxygen atoms in total. The number of aryl methyl sites for hydroxylation is 1. The van der Waals surface area contributed by atoms with Crippen molar-refractivity contribution in [2.24, 2.45) is 0 Å². The van der Waals surface area contributed by atoms with E-state index in [9.17, 15) is 19.7 Å². The van der Waals surface area contributed by atoms with Gasteiger partial charge in [-0.25, -0.2) is 4.79 Å². The van der Waals surface area contributed by atoms with E-state index in [1.165, 1.54) is 6.07 Å². The van der Waals surface area contributed by atoms with Gasteiger partial charge in [-0.15, -0.1) is 0 Å². The third-order valence-corrected chi connectivity index (χ3v) is 2.58. The van der Waals surface area contributed by atoms with Gasteiger partial charge in [-0.3, -0.25) is 14.9 Å². The molecule has 0 saturated heterocycles. The molecule has 0 aliphatic carbocycles. The van der Waals surface area contributed by atoms with Crippen LogP contribution < -0.4 is 0 Å². The summed E-state index contributed by atoms with van der Waals surface area (Å²) in [6.45, 7) is 1.58. The zero-order chi connectivity index (χ0) is 13.9. The van der Waals surface area contributed by atoms with Crippen LogP contribution in [-0.2, 0) is 20.7 Å². The molecule has 0 amide bonds. The zero-order valence-electron chi connectivity index (χ0n) is 9.73. The van der Waals surface area contributed by atoms with E-state index in [0.717, 1.165) is 13.2 Å². The first-order chi connectivity index (χ1) is 8.36. The van der Waals surface area contributed by atoms with Gasteiger partial charge in [0.1, 0.15) is 0 Å². The van der Waals surface area contributed by atoms with E-state index in [2.05, 4.69) is 4.74 Å². The Morgan fingerprint density at radius 1 is 1.44 bits per heavy atom. The fourth-order valence-electron chi connectivity index (χ4n) is 1.49. The summed E-state index contributed by atoms with van der Waals surface area (Å²) >= 11 is 5.71. The molecule has 0 atom stereocenters. The molecule has 0 saturated carbocycles. The second-order valence-corrected chi connectivity index (χ2v) is 4.01. The van der Waals surface area contributed by atoms with Crippen molar-refractivity contribution in [2.45, 2.75) is 13.3 Å². The Bertz CT molecular complexity index is 526. The van der Waals surface area contributed by atoms with Crippen molar-refractivity contribution in [1.29, 1.82) is 0 Å². The van der Waals surface area contributed by atoms with Gasteiger partial charge < -0.3 is 4.74 Å². The number of hydrogen-bond acceptors (Lipinski definition) is 5. The minimum absolute atomic E-state index is 0.166. The van der Waals surface area contributed by atoms with Crippen LogP contribution in [0.25, 0.3) is 0 Å². The lowest BCUT2D eigenvalue weighted by molar-refractivity contribution is -0.385. The Morgan fingerprint density at radius 2 is 2.06 bits per heavy atom. The summed E-state index contributed by atoms with van der Waals surface area (Å²) in [7, 11) is 1.07. The molecule has 0 N–H and O–H groups in total. The van der Waals surface area contributed by atoms with Gasteiger partial charge in [0.15, 0.2) is 0 Å². The minimum Gasteiger partial charge on any atom is -0.463 e. The molecule has 1 rings (SSSR count). The molecular formula is C11H10ClNO5. The maximum atomic E-state index is 11.4. The molecule has 0 fully saturated rings. The average Bonchev–Trinajstić information content (AvgIpc) is 2.30. The van der Waals surface area contributed by atoms with Crippen LogP contribution in [0.1, 0.15) is 11.1 Å². The quantitative estimate of drug-likeness (QED) is 0.361. The van der Waals surface area contributed by atoms with Crippen LogP contribution >= 0.6 is 11.6 Å². The van der Waals surface area contributed by atoms with Crippen LogP contribution in [0, 0.1) is 17.0 Å². The van der Waals surface area contributed by atoms with E-state index in [0.29, 0.717) is 5.56 Å². The van der Waals surface area contributed by atoms with Gasteiger partial charge in [0.2, 0.25) is 5.78 Å². The Kier molecular flexibility index (Phi) is 4.38. The first-order valence-corrected chi connectivity index (χ1v) is 5.29. The highest BCUT2D eigenvalue weighted by atomic mass is 35.5. The maximum Gasteiger partial charge on any atom is 0.374 e. The van der Waals surface area contributed by atoms with Crippen LogP contribution in [-0.4, -0.2) is 23.8 Å². The van der Waals surface area contributed by atoms with Crippen molar-refractivity contribution >= 4 is 29.0 Å². The average molecular weight is 272 g/mol. The number of carbonyl (C=O) groups is 2. The molecule has 0 radical (unpaired) electrons. The smallest absolute Gasteiger partial charge is 0.374 e. The molecular weight excluding hydrogens is 262 g/mol. The number of methoxy groups -OCH3 is 1. The lowest BCUT2D eigenvalue weighted by Gasteiger charge is -2.06. The molecule has 0 aliphatic heterocycles. The summed E-state index contributed by atoms with van der Waals surface area (Å²) in [6.07, 6.45) is -0.383. The topological polar surface area (TPSA) is 86.5 Å². The van der Waals surface area contributed by atoms with Crippen LogP contribution in [0.3, 0.4) is 0 Å². The second kappa shape index (κ2) is 5.59. The Hall–Kier alpha value is -1.95. The summed E-state index contributed by atoms with van der Waals surface area (Å²) in [5.74, 6) is -1.87. The minimum atomic E-state index is -1.03. The lowest BCUT2D eigenvalue weighted by atomic mass is 10.0. The van der Waals surface area contributed by atoms with Gasteiger partial charge in [0.05, 0.1) is 18.5 Å². The van der Waals surface area contributed by atoms with Crippen molar-refractivity contribution in [3.8, 4) is 0 Å². The molecule has 1 aromatic carbocycles. The van der Waals surface area contributed by atoms with Crippen LogP contribution in [0.2, 0.25) is 5.02 Å². The van der Waals surface area contributed by atoms with Gasteiger partial charge in [0, 0.05) is 16.7 Å². The lowest BCUT2D eigenvalue weighted by Crippen LogP contribution is -2.19. The van der Waals surface area contributed by atoms with E-state index in [1.54, 1.807) is 6.92 Å². The summed E-state index contributed by atoms with van der Waals surface area (Å²) in [5, 5.41) is 11.1. The van der Waals surface area contributed by atoms with E-state index in [4.69, 9.17) is 11.6 Å². The number of hydrogen-bond donors (Lipinski definition) is 0. The SMILES string of the molecule is COC(=O)C(=O)Cc1c(C)cc(Cl)cc1[N+](=O)[O-]. The molecule has 1 aromatic rings. The molecule has 0 aromatic heterocycles. The summed E-state index contributed by atoms with van der Waals surface area (Å²) < 4.78 is 4.26. The highest BCUT2D eigenvalue weighted by Gasteiger charge is 2.23. The predicted octanol–water partition coefficient (Wildman–Crippen LogP) is 1.84. The number of benzene rings is 1. The highest BCUT2D eigenvalue weighted by molar-refractivity contribution is 6.34. The fraction of sp³-hybridized carbons (Fsp3) is 0.273. The van der Waals surface area contributed by atoms with Gasteiger partial charge in [0.25, 0.3) is 5.69 Å². The monoisotopic (exact) mass is 271 g/mol. The van der Waals surface area contributed by atoms with Crippen molar-refractivity contribution in [2.75, 3.05) is 7.11 Å². The molecule has 0 unspecified atom stereocenters. The third kappa shape index (κ3) is 3.04. The number of nitro groups is 1. The van der Waals surface area contributed by atoms with E-state index >= 15 is 0 Å². The van der Waals surface area contributed by atoms with Crippen molar-refractivity contribution < 1.29 is 19.2 Å². The number of halogens is 1. The standard InChI is InChI=1S/C11H10ClNO5/c1-6-3-7(12)4-9(13(16)17)8(6)5-10(14)11(15)18-2/h3-4H,5H2,1-2H3. The number of carbonyl (C=O) groups excluding carboxylic acids is 2. The number of esters is 1. The van der Waals surface area contributed by atoms with Crippen molar-refractivity contribution in [3.05, 3.63) is 38.4 Å². The molecule has 0 heterocycles. The number of Topliss-reactive ketones (excluding diaryl/α,β-unsaturated/α-hetero) is 1. The van der Waals surface area contributed by atoms with Crippen LogP contribution in [0.5, 0.6) is 0 Å². The molecule has 0 spiro atoms. The number of ketones is 1. The first kappa shape index (κ1) is 14.1. The summed E-state index contributed by atoms with van der Waals surface area (Å²) in [5.41, 5.74) is 0.364. The number of ether oxygens (including phenoxy) is 1. The van der Waals surface area contributed by atoms with E-state index in [1.807, 2.05) is 0 Å².